The van der Waals surface area contributed by atoms with E-state index in [9.17, 15) is 42.4 Å². The summed E-state index contributed by atoms with van der Waals surface area (Å²) in [4.78, 5) is 62.9. The molecule has 0 aromatic heterocycles. The van der Waals surface area contributed by atoms with Crippen molar-refractivity contribution in [1.82, 2.24) is 10.6 Å². The van der Waals surface area contributed by atoms with Gasteiger partial charge < -0.3 is 34.9 Å². The molecule has 87 heavy (non-hydrogen) atoms. The minimum atomic E-state index is -4.12. The van der Waals surface area contributed by atoms with Crippen molar-refractivity contribution in [2.24, 2.45) is 0 Å². The van der Waals surface area contributed by atoms with Gasteiger partial charge in [0.05, 0.1) is 13.2 Å². The number of nitrogens with one attached hydrogen (secondary N) is 3. The SMILES string of the molecule is CCCC/C=C/CCCCCCCC(=O)OCC(COP(=O)(OC)OCCCC(=O)CCCCC(=O)NCCCCCNC(=S)Nc1ccc(-c2c3cc(F)c(=O)cc-3oc3cc(O)c(F)cc23)c(C)c1)OC(=O)CCCCCCC/C=C/CCCC. The molecule has 0 radical (unpaired) electrons. The van der Waals surface area contributed by atoms with Gasteiger partial charge in [-0.15, -0.1) is 0 Å². The van der Waals surface area contributed by atoms with E-state index in [1.165, 1.54) is 32.8 Å². The molecule has 2 aromatic rings. The number of phosphoric ester groups is 1. The zero-order valence-corrected chi connectivity index (χ0v) is 53.6. The normalized spacial score (nSPS) is 12.7. The highest BCUT2D eigenvalue weighted by Gasteiger charge is 2.29. The number of phosphoric acid groups is 1. The summed E-state index contributed by atoms with van der Waals surface area (Å²) in [6.45, 7) is 6.54. The first-order valence-electron chi connectivity index (χ1n) is 31.7. The van der Waals surface area contributed by atoms with Crippen LogP contribution in [0.4, 0.5) is 14.5 Å². The van der Waals surface area contributed by atoms with Gasteiger partial charge in [-0.25, -0.2) is 13.3 Å². The molecular formula is C67H96F2N3O13PS. The molecule has 1 aliphatic heterocycles. The fourth-order valence-electron chi connectivity index (χ4n) is 9.69. The Balaban J connectivity index is 1.08. The molecule has 2 aromatic carbocycles. The zero-order chi connectivity index (χ0) is 63.1. The van der Waals surface area contributed by atoms with Gasteiger partial charge in [0.2, 0.25) is 11.3 Å². The molecule has 1 heterocycles. The van der Waals surface area contributed by atoms with Crippen LogP contribution in [0.25, 0.3) is 33.4 Å². The van der Waals surface area contributed by atoms with Crippen LogP contribution >= 0.6 is 20.0 Å². The topological polar surface area (TPSA) is 218 Å². The average molecular weight is 1250 g/mol. The first kappa shape index (κ1) is 73.6. The second kappa shape index (κ2) is 42.9. The van der Waals surface area contributed by atoms with Crippen molar-refractivity contribution in [2.75, 3.05) is 45.3 Å². The molecule has 2 aliphatic rings. The van der Waals surface area contributed by atoms with E-state index in [1.807, 2.05) is 13.0 Å². The van der Waals surface area contributed by atoms with Crippen LogP contribution in [0.15, 0.2) is 76.0 Å². The molecule has 4 rings (SSSR count). The molecule has 0 saturated carbocycles. The lowest BCUT2D eigenvalue weighted by Gasteiger charge is -2.21. The van der Waals surface area contributed by atoms with Crippen molar-refractivity contribution >= 4 is 65.4 Å². The van der Waals surface area contributed by atoms with Crippen LogP contribution in [0, 0.1) is 18.6 Å². The number of rotatable bonds is 47. The molecule has 0 saturated heterocycles. The van der Waals surface area contributed by atoms with E-state index in [1.54, 1.807) is 12.1 Å². The van der Waals surface area contributed by atoms with E-state index in [4.69, 9.17) is 39.7 Å². The molecule has 1 aliphatic carbocycles. The number of phenolic OH excluding ortho intramolecular Hbond substituents is 1. The third-order valence-electron chi connectivity index (χ3n) is 14.7. The number of hydrogen-bond donors (Lipinski definition) is 4. The summed E-state index contributed by atoms with van der Waals surface area (Å²) in [5.74, 6) is -3.39. The summed E-state index contributed by atoms with van der Waals surface area (Å²) in [7, 11) is -2.95. The highest BCUT2D eigenvalue weighted by Crippen LogP contribution is 2.49. The molecule has 0 spiro atoms. The number of esters is 2. The molecule has 16 nitrogen and oxygen atoms in total. The van der Waals surface area contributed by atoms with Crippen molar-refractivity contribution < 1.29 is 65.1 Å². The smallest absolute Gasteiger partial charge is 0.474 e. The van der Waals surface area contributed by atoms with E-state index in [0.717, 1.165) is 126 Å². The number of phenols is 1. The fraction of sp³-hybridized carbons (Fsp3) is 0.582. The van der Waals surface area contributed by atoms with E-state index < -0.39 is 55.3 Å². The Morgan fingerprint density at radius 2 is 1.24 bits per heavy atom. The number of allylic oxidation sites excluding steroid dienone is 4. The number of carbonyl (C=O) groups is 4. The van der Waals surface area contributed by atoms with Crippen molar-refractivity contribution in [2.45, 2.75) is 213 Å². The lowest BCUT2D eigenvalue weighted by molar-refractivity contribution is -0.161. The molecule has 4 N–H and O–H groups in total. The number of Topliss-reactive ketones (excluding diaryl/α,β-unsaturated/α-hetero) is 1. The minimum Gasteiger partial charge on any atom is -0.505 e. The molecule has 0 fully saturated rings. The van der Waals surface area contributed by atoms with Gasteiger partial charge in [0.25, 0.3) is 0 Å². The number of ether oxygens (including phenoxy) is 2. The Hall–Kier alpha value is -5.85. The van der Waals surface area contributed by atoms with Gasteiger partial charge in [0.15, 0.2) is 28.6 Å². The number of benzene rings is 3. The van der Waals surface area contributed by atoms with E-state index in [0.29, 0.717) is 66.1 Å². The van der Waals surface area contributed by atoms with Crippen LogP contribution in [0.5, 0.6) is 5.75 Å². The Morgan fingerprint density at radius 3 is 1.90 bits per heavy atom. The Bertz CT molecular complexity index is 2880. The first-order chi connectivity index (χ1) is 42.1. The number of amides is 1. The summed E-state index contributed by atoms with van der Waals surface area (Å²) in [5, 5.41) is 20.0. The summed E-state index contributed by atoms with van der Waals surface area (Å²) in [5.41, 5.74) is 2.02. The van der Waals surface area contributed by atoms with E-state index >= 15 is 0 Å². The van der Waals surface area contributed by atoms with Gasteiger partial charge in [-0.3, -0.25) is 37.5 Å². The predicted octanol–water partition coefficient (Wildman–Crippen LogP) is 16.5. The number of aryl methyl sites for hydroxylation is 1. The van der Waals surface area contributed by atoms with Crippen LogP contribution in [0.3, 0.4) is 0 Å². The minimum absolute atomic E-state index is 0.0253. The third kappa shape index (κ3) is 29.8. The maximum atomic E-state index is 14.6. The molecule has 482 valence electrons. The lowest BCUT2D eigenvalue weighted by atomic mass is 9.91. The number of aromatic hydroxyl groups is 1. The quantitative estimate of drug-likeness (QED) is 0.00807. The van der Waals surface area contributed by atoms with Crippen LogP contribution in [-0.2, 0) is 46.8 Å². The second-order valence-corrected chi connectivity index (χ2v) is 24.3. The fourth-order valence-corrected chi connectivity index (χ4v) is 10.9. The van der Waals surface area contributed by atoms with Crippen molar-refractivity contribution in [1.29, 1.82) is 0 Å². The van der Waals surface area contributed by atoms with Gasteiger partial charge in [0, 0.05) is 86.6 Å². The number of hydrogen-bond acceptors (Lipinski definition) is 14. The number of ketones is 1. The highest BCUT2D eigenvalue weighted by atomic mass is 32.1. The Morgan fingerprint density at radius 1 is 0.655 bits per heavy atom. The molecular weight excluding hydrogens is 1160 g/mol. The maximum absolute atomic E-state index is 14.6. The number of anilines is 1. The maximum Gasteiger partial charge on any atom is 0.474 e. The number of thiocarbonyl (C=S) groups is 1. The third-order valence-corrected chi connectivity index (χ3v) is 16.3. The number of carbonyl (C=O) groups excluding carboxylic acids is 4. The zero-order valence-electron chi connectivity index (χ0n) is 51.9. The Labute approximate surface area is 519 Å². The summed E-state index contributed by atoms with van der Waals surface area (Å²) >= 11 is 5.52. The van der Waals surface area contributed by atoms with Crippen LogP contribution < -0.4 is 21.4 Å². The number of unbranched alkanes of at least 4 members (excludes halogenated alkanes) is 17. The van der Waals surface area contributed by atoms with Gasteiger partial charge in [-0.2, -0.15) is 0 Å². The Kier molecular flexibility index (Phi) is 36.3. The monoisotopic (exact) mass is 1250 g/mol. The average Bonchev–Trinajstić information content (AvgIpc) is 0.800. The van der Waals surface area contributed by atoms with Crippen LogP contribution in [0.1, 0.15) is 206 Å². The van der Waals surface area contributed by atoms with Crippen LogP contribution in [0.2, 0.25) is 0 Å². The van der Waals surface area contributed by atoms with E-state index in [-0.39, 0.29) is 80.3 Å². The number of fused-ring (bicyclic) bond motifs is 2. The van der Waals surface area contributed by atoms with Gasteiger partial charge in [-0.05, 0) is 144 Å². The lowest BCUT2D eigenvalue weighted by Crippen LogP contribution is -2.29. The molecule has 2 atom stereocenters. The molecule has 2 unspecified atom stereocenters. The number of halogens is 2. The molecule has 1 amide bonds. The van der Waals surface area contributed by atoms with Crippen molar-refractivity contribution in [3.63, 3.8) is 0 Å². The van der Waals surface area contributed by atoms with Crippen molar-refractivity contribution in [3.8, 4) is 28.2 Å². The van der Waals surface area contributed by atoms with Crippen molar-refractivity contribution in [3.05, 3.63) is 94.2 Å². The molecule has 20 heteroatoms. The van der Waals surface area contributed by atoms with Gasteiger partial charge in [0.1, 0.15) is 23.7 Å². The summed E-state index contributed by atoms with van der Waals surface area (Å²) < 4.78 is 75.7. The second-order valence-electron chi connectivity index (χ2n) is 22.1. The molecule has 0 bridgehead atoms. The van der Waals surface area contributed by atoms with Crippen LogP contribution in [-0.4, -0.2) is 80.0 Å². The van der Waals surface area contributed by atoms with E-state index in [2.05, 4.69) is 54.1 Å². The summed E-state index contributed by atoms with van der Waals surface area (Å²) in [6, 6.07) is 9.73. The summed E-state index contributed by atoms with van der Waals surface area (Å²) in [6.07, 6.45) is 31.6. The predicted molar refractivity (Wildman–Crippen MR) is 344 cm³/mol. The van der Waals surface area contributed by atoms with Gasteiger partial charge in [-0.1, -0.05) is 108 Å². The standard InChI is InChI=1S/C67H96F2N3O13PS/c1-5-7-9-11-13-15-17-19-21-23-26-36-64(77)81-48-53(84-65(78)37-27-24-22-20-18-16-14-12-10-8-6-2)49-83-86(79,80-4)82-42-32-34-52(73)33-28-29-35-63(76)70-40-30-25-31-41-71-67(87)72-51-38-39-54(50(3)43-51)66-55-44-57(68)59(74)46-61(55)85-62-47-60(75)58(69)45-56(62)66/h11-14,38-39,43-47,53,74H,5-10,15-37,40-42,48-49H2,1-4H3,(H,70,76)(H2,71,72,87)/b13-11+,14-12+. The largest absolute Gasteiger partial charge is 0.505 e. The highest BCUT2D eigenvalue weighted by molar-refractivity contribution is 7.80. The first-order valence-corrected chi connectivity index (χ1v) is 33.6. The van der Waals surface area contributed by atoms with Gasteiger partial charge >= 0.3 is 19.8 Å².